The zero-order valence-electron chi connectivity index (χ0n) is 25.2. The molecule has 0 aromatic heterocycles. The van der Waals surface area contributed by atoms with E-state index in [4.69, 9.17) is 9.47 Å². The highest BCUT2D eigenvalue weighted by molar-refractivity contribution is 5.74. The number of hydrogen-bond donors (Lipinski definition) is 2. The summed E-state index contributed by atoms with van der Waals surface area (Å²) in [6.45, 7) is 8.42. The molecule has 0 bridgehead atoms. The van der Waals surface area contributed by atoms with Crippen molar-refractivity contribution in [2.45, 2.75) is 130 Å². The summed E-state index contributed by atoms with van der Waals surface area (Å²) in [4.78, 5) is 25.1. The van der Waals surface area contributed by atoms with Crippen LogP contribution in [0.25, 0.3) is 0 Å². The summed E-state index contributed by atoms with van der Waals surface area (Å²) < 4.78 is 11.3. The molecule has 0 heterocycles. The molecule has 0 aliphatic heterocycles. The van der Waals surface area contributed by atoms with E-state index in [9.17, 15) is 19.8 Å². The Labute approximate surface area is 241 Å². The fraction of sp³-hybridized carbons (Fsp3) is 0.588. The Morgan fingerprint density at radius 3 is 1.05 bits per heavy atom. The molecule has 222 valence electrons. The molecule has 0 saturated carbocycles. The van der Waals surface area contributed by atoms with E-state index in [0.29, 0.717) is 35.8 Å². The van der Waals surface area contributed by atoms with Crippen LogP contribution < -0.4 is 9.47 Å². The van der Waals surface area contributed by atoms with Crippen LogP contribution in [0.5, 0.6) is 23.0 Å². The maximum absolute atomic E-state index is 12.5. The first kappa shape index (κ1) is 33.2. The highest BCUT2D eigenvalue weighted by atomic mass is 16.5. The number of aromatic hydroxyl groups is 2. The number of phenols is 2. The van der Waals surface area contributed by atoms with Crippen molar-refractivity contribution in [3.63, 3.8) is 0 Å². The Balaban J connectivity index is 1.91. The average molecular weight is 555 g/mol. The van der Waals surface area contributed by atoms with E-state index in [1.807, 2.05) is 0 Å². The van der Waals surface area contributed by atoms with E-state index in [-0.39, 0.29) is 24.8 Å². The molecule has 0 aliphatic rings. The summed E-state index contributed by atoms with van der Waals surface area (Å²) in [6, 6.07) is 7.10. The number of carbonyl (C=O) groups is 2. The van der Waals surface area contributed by atoms with Gasteiger partial charge in [0.15, 0.2) is 0 Å². The number of carbonyl (C=O) groups excluding carboxylic acids is 2. The summed E-state index contributed by atoms with van der Waals surface area (Å²) in [5.41, 5.74) is 3.30. The van der Waals surface area contributed by atoms with Gasteiger partial charge in [0.05, 0.1) is 0 Å². The van der Waals surface area contributed by atoms with Crippen LogP contribution in [-0.4, -0.2) is 22.2 Å². The minimum atomic E-state index is -0.346. The van der Waals surface area contributed by atoms with Gasteiger partial charge in [-0.05, 0) is 111 Å². The number of ether oxygens (including phenoxy) is 2. The van der Waals surface area contributed by atoms with Crippen LogP contribution in [0.15, 0.2) is 24.3 Å². The van der Waals surface area contributed by atoms with Crippen molar-refractivity contribution in [3.8, 4) is 23.0 Å². The number of benzene rings is 2. The number of rotatable bonds is 19. The molecule has 0 amide bonds. The van der Waals surface area contributed by atoms with Gasteiger partial charge in [-0.1, -0.05) is 53.4 Å². The summed E-state index contributed by atoms with van der Waals surface area (Å²) in [5, 5.41) is 21.3. The average Bonchev–Trinajstić information content (AvgIpc) is 2.93. The Kier molecular flexibility index (Phi) is 15.2. The standard InChI is InChI=1S/C34H50O6/c1-5-9-15-25-21-29(22-26(33(25)37)16-10-6-2)39-31(35)19-13-14-20-32(36)40-30-23-27(17-11-7-3)34(38)28(24-30)18-12-8-4/h21-24,37-38H,5-20H2,1-4H3. The molecule has 2 aromatic carbocycles. The summed E-state index contributed by atoms with van der Waals surface area (Å²) in [5.74, 6) is 0.907. The van der Waals surface area contributed by atoms with E-state index in [1.54, 1.807) is 24.3 Å². The fourth-order valence-electron chi connectivity index (χ4n) is 4.71. The lowest BCUT2D eigenvalue weighted by atomic mass is 9.99. The molecule has 0 atom stereocenters. The van der Waals surface area contributed by atoms with E-state index in [1.165, 1.54) is 0 Å². The molecule has 2 aromatic rings. The zero-order valence-corrected chi connectivity index (χ0v) is 25.2. The molecule has 0 unspecified atom stereocenters. The zero-order chi connectivity index (χ0) is 29.3. The summed E-state index contributed by atoms with van der Waals surface area (Å²) in [6.07, 6.45) is 12.3. The van der Waals surface area contributed by atoms with Crippen molar-refractivity contribution in [2.75, 3.05) is 0 Å². The maximum Gasteiger partial charge on any atom is 0.311 e. The normalized spacial score (nSPS) is 11.0. The van der Waals surface area contributed by atoms with E-state index < -0.39 is 0 Å². The number of aryl methyl sites for hydroxylation is 4. The van der Waals surface area contributed by atoms with Gasteiger partial charge < -0.3 is 19.7 Å². The molecule has 6 nitrogen and oxygen atoms in total. The molecular weight excluding hydrogens is 504 g/mol. The fourth-order valence-corrected chi connectivity index (χ4v) is 4.71. The SMILES string of the molecule is CCCCc1cc(OC(=O)CCCCC(=O)Oc2cc(CCCC)c(O)c(CCCC)c2)cc(CCCC)c1O. The number of phenolic OH excluding ortho intramolecular Hbond substituents is 2. The maximum atomic E-state index is 12.5. The van der Waals surface area contributed by atoms with Gasteiger partial charge in [0.2, 0.25) is 0 Å². The summed E-state index contributed by atoms with van der Waals surface area (Å²) in [7, 11) is 0. The van der Waals surface area contributed by atoms with Gasteiger partial charge in [-0.2, -0.15) is 0 Å². The quantitative estimate of drug-likeness (QED) is 0.103. The highest BCUT2D eigenvalue weighted by Crippen LogP contribution is 2.32. The van der Waals surface area contributed by atoms with Crippen LogP contribution in [0.2, 0.25) is 0 Å². The Morgan fingerprint density at radius 1 is 0.525 bits per heavy atom. The van der Waals surface area contributed by atoms with Crippen LogP contribution in [-0.2, 0) is 35.3 Å². The lowest BCUT2D eigenvalue weighted by Gasteiger charge is -2.14. The molecule has 0 saturated heterocycles. The van der Waals surface area contributed by atoms with Gasteiger partial charge in [-0.3, -0.25) is 9.59 Å². The molecule has 40 heavy (non-hydrogen) atoms. The van der Waals surface area contributed by atoms with Gasteiger partial charge in [0, 0.05) is 12.8 Å². The minimum absolute atomic E-state index is 0.199. The van der Waals surface area contributed by atoms with E-state index in [2.05, 4.69) is 27.7 Å². The van der Waals surface area contributed by atoms with E-state index >= 15 is 0 Å². The predicted octanol–water partition coefficient (Wildman–Crippen LogP) is 8.54. The second-order valence-electron chi connectivity index (χ2n) is 10.7. The summed E-state index contributed by atoms with van der Waals surface area (Å²) >= 11 is 0. The van der Waals surface area contributed by atoms with Gasteiger partial charge in [-0.25, -0.2) is 0 Å². The van der Waals surface area contributed by atoms with Crippen molar-refractivity contribution in [1.29, 1.82) is 0 Å². The van der Waals surface area contributed by atoms with Crippen LogP contribution in [0.4, 0.5) is 0 Å². The minimum Gasteiger partial charge on any atom is -0.507 e. The Bertz CT molecular complexity index is 931. The molecule has 0 radical (unpaired) electrons. The number of hydrogen-bond acceptors (Lipinski definition) is 6. The third kappa shape index (κ3) is 11.2. The van der Waals surface area contributed by atoms with Crippen LogP contribution >= 0.6 is 0 Å². The monoisotopic (exact) mass is 554 g/mol. The first-order valence-corrected chi connectivity index (χ1v) is 15.4. The molecule has 2 rings (SSSR count). The van der Waals surface area contributed by atoms with Crippen molar-refractivity contribution in [2.24, 2.45) is 0 Å². The third-order valence-corrected chi connectivity index (χ3v) is 7.16. The first-order valence-electron chi connectivity index (χ1n) is 15.4. The molecular formula is C34H50O6. The second kappa shape index (κ2) is 18.4. The van der Waals surface area contributed by atoms with Crippen LogP contribution in [0.3, 0.4) is 0 Å². The van der Waals surface area contributed by atoms with Gasteiger partial charge in [0.1, 0.15) is 23.0 Å². The second-order valence-corrected chi connectivity index (χ2v) is 10.7. The van der Waals surface area contributed by atoms with Crippen LogP contribution in [0.1, 0.15) is 127 Å². The number of esters is 2. The van der Waals surface area contributed by atoms with Crippen molar-refractivity contribution >= 4 is 11.9 Å². The molecule has 0 spiro atoms. The van der Waals surface area contributed by atoms with Crippen molar-refractivity contribution in [1.82, 2.24) is 0 Å². The molecule has 6 heteroatoms. The van der Waals surface area contributed by atoms with E-state index in [0.717, 1.165) is 99.3 Å². The lowest BCUT2D eigenvalue weighted by molar-refractivity contribution is -0.136. The van der Waals surface area contributed by atoms with Crippen LogP contribution in [0, 0.1) is 0 Å². The third-order valence-electron chi connectivity index (χ3n) is 7.16. The highest BCUT2D eigenvalue weighted by Gasteiger charge is 2.15. The molecule has 2 N–H and O–H groups in total. The van der Waals surface area contributed by atoms with Gasteiger partial charge in [-0.15, -0.1) is 0 Å². The van der Waals surface area contributed by atoms with Gasteiger partial charge in [0.25, 0.3) is 0 Å². The number of unbranched alkanes of at least 4 members (excludes halogenated alkanes) is 5. The topological polar surface area (TPSA) is 93.1 Å². The molecule has 0 fully saturated rings. The van der Waals surface area contributed by atoms with Crippen molar-refractivity contribution < 1.29 is 29.3 Å². The Morgan fingerprint density at radius 2 is 0.800 bits per heavy atom. The van der Waals surface area contributed by atoms with Crippen molar-refractivity contribution in [3.05, 3.63) is 46.5 Å². The smallest absolute Gasteiger partial charge is 0.311 e. The first-order chi connectivity index (χ1) is 19.3. The largest absolute Gasteiger partial charge is 0.507 e. The Hall–Kier alpha value is -3.02. The van der Waals surface area contributed by atoms with Gasteiger partial charge >= 0.3 is 11.9 Å². The lowest BCUT2D eigenvalue weighted by Crippen LogP contribution is -2.11. The predicted molar refractivity (Wildman–Crippen MR) is 160 cm³/mol. The molecule has 0 aliphatic carbocycles.